The van der Waals surface area contributed by atoms with E-state index in [9.17, 15) is 4.79 Å². The molecule has 1 saturated heterocycles. The number of likely N-dealkylation sites (tertiary alicyclic amines) is 1. The maximum absolute atomic E-state index is 11.7. The third kappa shape index (κ3) is 6.03. The average molecular weight is 241 g/mol. The van der Waals surface area contributed by atoms with Gasteiger partial charge in [-0.05, 0) is 39.7 Å². The second-order valence-corrected chi connectivity index (χ2v) is 5.76. The van der Waals surface area contributed by atoms with Crippen LogP contribution in [0.15, 0.2) is 0 Å². The Bertz CT molecular complexity index is 240. The van der Waals surface area contributed by atoms with Gasteiger partial charge in [0.2, 0.25) is 5.91 Å². The minimum Gasteiger partial charge on any atom is -0.353 e. The number of carbonyl (C=O) groups excluding carboxylic acids is 1. The lowest BCUT2D eigenvalue weighted by molar-refractivity contribution is -0.122. The molecule has 4 nitrogen and oxygen atoms in total. The summed E-state index contributed by atoms with van der Waals surface area (Å²) in [4.78, 5) is 14.2. The van der Waals surface area contributed by atoms with Crippen LogP contribution in [0.25, 0.3) is 0 Å². The monoisotopic (exact) mass is 241 g/mol. The number of hydrogen-bond acceptors (Lipinski definition) is 3. The molecule has 1 rings (SSSR count). The Hall–Kier alpha value is -0.610. The van der Waals surface area contributed by atoms with Gasteiger partial charge in [-0.2, -0.15) is 0 Å². The number of nitrogens with two attached hydrogens (primary N) is 1. The van der Waals surface area contributed by atoms with Crippen molar-refractivity contribution < 1.29 is 4.79 Å². The van der Waals surface area contributed by atoms with Crippen LogP contribution in [0.4, 0.5) is 0 Å². The minimum atomic E-state index is -0.247. The van der Waals surface area contributed by atoms with Gasteiger partial charge in [0.1, 0.15) is 0 Å². The molecule has 0 radical (unpaired) electrons. The number of rotatable bonds is 5. The summed E-state index contributed by atoms with van der Waals surface area (Å²) in [6.07, 6.45) is 3.43. The van der Waals surface area contributed by atoms with Crippen LogP contribution in [0.3, 0.4) is 0 Å². The quantitative estimate of drug-likeness (QED) is 0.758. The summed E-state index contributed by atoms with van der Waals surface area (Å²) in [5.41, 5.74) is 5.62. The summed E-state index contributed by atoms with van der Waals surface area (Å²) in [7, 11) is 0. The predicted octanol–water partition coefficient (Wildman–Crippen LogP) is 1.10. The third-order valence-corrected chi connectivity index (χ3v) is 3.40. The highest BCUT2D eigenvalue weighted by Crippen LogP contribution is 2.11. The van der Waals surface area contributed by atoms with Crippen LogP contribution in [-0.4, -0.2) is 42.0 Å². The molecule has 1 heterocycles. The van der Waals surface area contributed by atoms with Gasteiger partial charge >= 0.3 is 0 Å². The van der Waals surface area contributed by atoms with Crippen molar-refractivity contribution in [3.05, 3.63) is 0 Å². The van der Waals surface area contributed by atoms with E-state index in [0.717, 1.165) is 38.9 Å². The molecule has 1 aliphatic heterocycles. The Morgan fingerprint density at radius 3 is 2.47 bits per heavy atom. The second-order valence-electron chi connectivity index (χ2n) is 5.76. The first kappa shape index (κ1) is 14.5. The van der Waals surface area contributed by atoms with E-state index in [-0.39, 0.29) is 11.4 Å². The summed E-state index contributed by atoms with van der Waals surface area (Å²) >= 11 is 0. The lowest BCUT2D eigenvalue weighted by Crippen LogP contribution is -2.45. The van der Waals surface area contributed by atoms with Gasteiger partial charge in [-0.3, -0.25) is 4.79 Å². The van der Waals surface area contributed by atoms with Gasteiger partial charge in [0.05, 0.1) is 0 Å². The van der Waals surface area contributed by atoms with Crippen LogP contribution in [0.1, 0.15) is 46.5 Å². The van der Waals surface area contributed by atoms with Gasteiger partial charge in [-0.25, -0.2) is 0 Å². The lowest BCUT2D eigenvalue weighted by atomic mass is 9.99. The fourth-order valence-electron chi connectivity index (χ4n) is 2.13. The van der Waals surface area contributed by atoms with Gasteiger partial charge in [-0.15, -0.1) is 0 Å². The summed E-state index contributed by atoms with van der Waals surface area (Å²) in [6, 6.07) is 0.367. The van der Waals surface area contributed by atoms with E-state index in [1.54, 1.807) is 0 Å². The zero-order chi connectivity index (χ0) is 12.9. The van der Waals surface area contributed by atoms with E-state index in [1.165, 1.54) is 0 Å². The van der Waals surface area contributed by atoms with Gasteiger partial charge < -0.3 is 16.0 Å². The molecule has 4 heteroatoms. The van der Waals surface area contributed by atoms with E-state index < -0.39 is 0 Å². The summed E-state index contributed by atoms with van der Waals surface area (Å²) < 4.78 is 0. The summed E-state index contributed by atoms with van der Waals surface area (Å²) in [5, 5.41) is 3.11. The number of nitrogens with one attached hydrogen (secondary N) is 1. The average Bonchev–Trinajstić information content (AvgIpc) is 2.27. The highest BCUT2D eigenvalue weighted by atomic mass is 16.1. The molecule has 100 valence electrons. The molecular formula is C13H27N3O. The topological polar surface area (TPSA) is 58.4 Å². The molecule has 0 unspecified atom stereocenters. The molecule has 1 amide bonds. The molecule has 0 bridgehead atoms. The standard InChI is InChI=1S/C13H27N3O/c1-4-16-9-6-11(7-10-16)15-12(17)5-8-13(2,3)14/h11H,4-10,14H2,1-3H3,(H,15,17). The van der Waals surface area contributed by atoms with E-state index in [4.69, 9.17) is 5.73 Å². The van der Waals surface area contributed by atoms with Gasteiger partial charge in [-0.1, -0.05) is 6.92 Å². The normalized spacial score (nSPS) is 19.3. The van der Waals surface area contributed by atoms with Crippen LogP contribution in [0.5, 0.6) is 0 Å². The summed E-state index contributed by atoms with van der Waals surface area (Å²) in [5.74, 6) is 0.151. The van der Waals surface area contributed by atoms with E-state index in [1.807, 2.05) is 13.8 Å². The Kier molecular flexibility index (Phi) is 5.40. The molecular weight excluding hydrogens is 214 g/mol. The van der Waals surface area contributed by atoms with Crippen molar-refractivity contribution in [2.45, 2.75) is 58.0 Å². The summed E-state index contributed by atoms with van der Waals surface area (Å²) in [6.45, 7) is 9.41. The fraction of sp³-hybridized carbons (Fsp3) is 0.923. The number of hydrogen-bond donors (Lipinski definition) is 2. The predicted molar refractivity (Wildman–Crippen MR) is 70.8 cm³/mol. The number of carbonyl (C=O) groups is 1. The Morgan fingerprint density at radius 1 is 1.41 bits per heavy atom. The van der Waals surface area contributed by atoms with Gasteiger partial charge in [0.25, 0.3) is 0 Å². The number of amides is 1. The Labute approximate surface area is 105 Å². The molecule has 17 heavy (non-hydrogen) atoms. The van der Waals surface area contributed by atoms with Crippen molar-refractivity contribution in [1.82, 2.24) is 10.2 Å². The van der Waals surface area contributed by atoms with Gasteiger partial charge in [0.15, 0.2) is 0 Å². The molecule has 0 saturated carbocycles. The van der Waals surface area contributed by atoms with Crippen LogP contribution in [-0.2, 0) is 4.79 Å². The van der Waals surface area contributed by atoms with Crippen molar-refractivity contribution in [2.75, 3.05) is 19.6 Å². The minimum absolute atomic E-state index is 0.151. The molecule has 0 aromatic carbocycles. The molecule has 0 aliphatic carbocycles. The first-order chi connectivity index (χ1) is 7.90. The zero-order valence-electron chi connectivity index (χ0n) is 11.5. The fourth-order valence-corrected chi connectivity index (χ4v) is 2.13. The molecule has 3 N–H and O–H groups in total. The first-order valence-electron chi connectivity index (χ1n) is 6.71. The molecule has 0 atom stereocenters. The second kappa shape index (κ2) is 6.36. The Balaban J connectivity index is 2.19. The van der Waals surface area contributed by atoms with Crippen molar-refractivity contribution in [2.24, 2.45) is 5.73 Å². The molecule has 0 aromatic heterocycles. The van der Waals surface area contributed by atoms with Crippen LogP contribution in [0, 0.1) is 0 Å². The van der Waals surface area contributed by atoms with Crippen molar-refractivity contribution in [1.29, 1.82) is 0 Å². The first-order valence-corrected chi connectivity index (χ1v) is 6.71. The van der Waals surface area contributed by atoms with E-state index >= 15 is 0 Å². The largest absolute Gasteiger partial charge is 0.353 e. The zero-order valence-corrected chi connectivity index (χ0v) is 11.5. The SMILES string of the molecule is CCN1CCC(NC(=O)CCC(C)(C)N)CC1. The number of piperidine rings is 1. The lowest BCUT2D eigenvalue weighted by Gasteiger charge is -2.31. The van der Waals surface area contributed by atoms with Crippen LogP contribution < -0.4 is 11.1 Å². The smallest absolute Gasteiger partial charge is 0.220 e. The highest BCUT2D eigenvalue weighted by molar-refractivity contribution is 5.76. The van der Waals surface area contributed by atoms with E-state index in [2.05, 4.69) is 17.1 Å². The number of nitrogens with zero attached hydrogens (tertiary/aromatic N) is 1. The van der Waals surface area contributed by atoms with E-state index in [0.29, 0.717) is 12.5 Å². The molecule has 1 aliphatic rings. The Morgan fingerprint density at radius 2 is 2.00 bits per heavy atom. The van der Waals surface area contributed by atoms with Gasteiger partial charge in [0, 0.05) is 31.1 Å². The maximum Gasteiger partial charge on any atom is 0.220 e. The van der Waals surface area contributed by atoms with Crippen LogP contribution in [0.2, 0.25) is 0 Å². The molecule has 0 aromatic rings. The molecule has 0 spiro atoms. The molecule has 1 fully saturated rings. The highest BCUT2D eigenvalue weighted by Gasteiger charge is 2.20. The maximum atomic E-state index is 11.7. The van der Waals surface area contributed by atoms with Crippen molar-refractivity contribution in [3.63, 3.8) is 0 Å². The third-order valence-electron chi connectivity index (χ3n) is 3.40. The van der Waals surface area contributed by atoms with Crippen molar-refractivity contribution in [3.8, 4) is 0 Å². The van der Waals surface area contributed by atoms with Crippen LogP contribution >= 0.6 is 0 Å². The van der Waals surface area contributed by atoms with Crippen molar-refractivity contribution >= 4 is 5.91 Å².